The van der Waals surface area contributed by atoms with Gasteiger partial charge < -0.3 is 5.32 Å². The Morgan fingerprint density at radius 3 is 2.61 bits per heavy atom. The third-order valence-electron chi connectivity index (χ3n) is 3.03. The maximum Gasteiger partial charge on any atom is 0.251 e. The third kappa shape index (κ3) is 1.72. The van der Waals surface area contributed by atoms with Gasteiger partial charge in [-0.3, -0.25) is 19.2 Å². The number of likely N-dealkylation sites (tertiary alicyclic amines) is 1. The standard InChI is InChI=1S/C11H13N5O2/c1-6-7(5-12)10(16(3)14-6)13-8-4-9(17)15(2)11(8)18/h8,13H,4H2,1-3H3. The Morgan fingerprint density at radius 1 is 1.44 bits per heavy atom. The fraction of sp³-hybridized carbons (Fsp3) is 0.455. The zero-order chi connectivity index (χ0) is 13.4. The summed E-state index contributed by atoms with van der Waals surface area (Å²) >= 11 is 0. The number of aromatic nitrogens is 2. The van der Waals surface area contributed by atoms with E-state index >= 15 is 0 Å². The Morgan fingerprint density at radius 2 is 2.11 bits per heavy atom. The second-order valence-corrected chi connectivity index (χ2v) is 4.24. The molecule has 7 heteroatoms. The maximum absolute atomic E-state index is 11.8. The summed E-state index contributed by atoms with van der Waals surface area (Å²) < 4.78 is 1.50. The smallest absolute Gasteiger partial charge is 0.251 e. The summed E-state index contributed by atoms with van der Waals surface area (Å²) in [5, 5.41) is 16.1. The fourth-order valence-electron chi connectivity index (χ4n) is 1.99. The number of aryl methyl sites for hydroxylation is 2. The van der Waals surface area contributed by atoms with E-state index in [2.05, 4.69) is 10.4 Å². The molecule has 1 saturated heterocycles. The van der Waals surface area contributed by atoms with Crippen LogP contribution in [0.25, 0.3) is 0 Å². The number of carbonyl (C=O) groups is 2. The monoisotopic (exact) mass is 247 g/mol. The van der Waals surface area contributed by atoms with Gasteiger partial charge in [-0.25, -0.2) is 0 Å². The molecule has 1 atom stereocenters. The van der Waals surface area contributed by atoms with Gasteiger partial charge in [0.25, 0.3) is 5.91 Å². The number of rotatable bonds is 2. The lowest BCUT2D eigenvalue weighted by Crippen LogP contribution is -2.32. The van der Waals surface area contributed by atoms with Crippen LogP contribution in [0.1, 0.15) is 17.7 Å². The molecule has 1 aliphatic heterocycles. The summed E-state index contributed by atoms with van der Waals surface area (Å²) in [6, 6.07) is 1.42. The van der Waals surface area contributed by atoms with Crippen LogP contribution in [-0.2, 0) is 16.6 Å². The molecular formula is C11H13N5O2. The SMILES string of the molecule is Cc1nn(C)c(NC2CC(=O)N(C)C2=O)c1C#N. The van der Waals surface area contributed by atoms with E-state index in [1.165, 1.54) is 11.7 Å². The summed E-state index contributed by atoms with van der Waals surface area (Å²) in [6.07, 6.45) is 0.102. The number of hydrogen-bond acceptors (Lipinski definition) is 5. The molecule has 1 N–H and O–H groups in total. The van der Waals surface area contributed by atoms with E-state index in [0.717, 1.165) is 4.90 Å². The molecule has 1 aromatic rings. The van der Waals surface area contributed by atoms with E-state index < -0.39 is 6.04 Å². The van der Waals surface area contributed by atoms with Crippen molar-refractivity contribution < 1.29 is 9.59 Å². The number of anilines is 1. The van der Waals surface area contributed by atoms with Crippen LogP contribution in [0, 0.1) is 18.3 Å². The number of carbonyl (C=O) groups excluding carboxylic acids is 2. The number of nitrogens with zero attached hydrogens (tertiary/aromatic N) is 4. The molecule has 1 fully saturated rings. The number of likely N-dealkylation sites (N-methyl/N-ethyl adjacent to an activating group) is 1. The molecule has 0 aliphatic carbocycles. The predicted molar refractivity (Wildman–Crippen MR) is 62.5 cm³/mol. The van der Waals surface area contributed by atoms with Crippen molar-refractivity contribution in [3.05, 3.63) is 11.3 Å². The fourth-order valence-corrected chi connectivity index (χ4v) is 1.99. The zero-order valence-corrected chi connectivity index (χ0v) is 10.4. The molecule has 0 saturated carbocycles. The second kappa shape index (κ2) is 4.14. The first-order valence-electron chi connectivity index (χ1n) is 5.46. The average molecular weight is 247 g/mol. The highest BCUT2D eigenvalue weighted by Crippen LogP contribution is 2.21. The highest BCUT2D eigenvalue weighted by atomic mass is 16.2. The van der Waals surface area contributed by atoms with E-state index in [1.54, 1.807) is 14.0 Å². The zero-order valence-electron chi connectivity index (χ0n) is 10.4. The van der Waals surface area contributed by atoms with Crippen LogP contribution < -0.4 is 5.32 Å². The van der Waals surface area contributed by atoms with Crippen molar-refractivity contribution in [2.24, 2.45) is 7.05 Å². The van der Waals surface area contributed by atoms with Crippen LogP contribution in [0.3, 0.4) is 0 Å². The number of nitriles is 1. The predicted octanol–water partition coefficient (Wildman–Crippen LogP) is -0.231. The van der Waals surface area contributed by atoms with Crippen molar-refractivity contribution in [2.45, 2.75) is 19.4 Å². The first-order chi connectivity index (χ1) is 8.45. The Labute approximate surface area is 104 Å². The van der Waals surface area contributed by atoms with Crippen molar-refractivity contribution in [2.75, 3.05) is 12.4 Å². The van der Waals surface area contributed by atoms with Gasteiger partial charge in [0, 0.05) is 14.1 Å². The van der Waals surface area contributed by atoms with Crippen molar-refractivity contribution in [3.63, 3.8) is 0 Å². The van der Waals surface area contributed by atoms with Gasteiger partial charge in [0.2, 0.25) is 5.91 Å². The largest absolute Gasteiger partial charge is 0.357 e. The molecule has 2 heterocycles. The van der Waals surface area contributed by atoms with Crippen LogP contribution in [0.15, 0.2) is 0 Å². The molecule has 94 valence electrons. The van der Waals surface area contributed by atoms with Crippen LogP contribution >= 0.6 is 0 Å². The summed E-state index contributed by atoms with van der Waals surface area (Å²) in [5.74, 6) is -0.0471. The minimum absolute atomic E-state index is 0.102. The molecule has 0 aromatic carbocycles. The topological polar surface area (TPSA) is 91.0 Å². The van der Waals surface area contributed by atoms with Crippen LogP contribution in [0.2, 0.25) is 0 Å². The number of hydrogen-bond donors (Lipinski definition) is 1. The lowest BCUT2D eigenvalue weighted by molar-refractivity contribution is -0.136. The molecule has 1 aromatic heterocycles. The van der Waals surface area contributed by atoms with Gasteiger partial charge in [-0.1, -0.05) is 0 Å². The molecule has 0 bridgehead atoms. The molecule has 1 aliphatic rings. The van der Waals surface area contributed by atoms with E-state index in [1.807, 2.05) is 6.07 Å². The minimum Gasteiger partial charge on any atom is -0.357 e. The first kappa shape index (κ1) is 12.1. The third-order valence-corrected chi connectivity index (χ3v) is 3.03. The number of nitrogens with one attached hydrogen (secondary N) is 1. The van der Waals surface area contributed by atoms with Gasteiger partial charge in [-0.15, -0.1) is 0 Å². The van der Waals surface area contributed by atoms with Crippen LogP contribution in [-0.4, -0.2) is 39.6 Å². The van der Waals surface area contributed by atoms with Gasteiger partial charge in [0.15, 0.2) is 0 Å². The second-order valence-electron chi connectivity index (χ2n) is 4.24. The van der Waals surface area contributed by atoms with Crippen molar-refractivity contribution >= 4 is 17.6 Å². The molecule has 0 radical (unpaired) electrons. The van der Waals surface area contributed by atoms with E-state index in [-0.39, 0.29) is 18.2 Å². The Bertz CT molecular complexity index is 569. The molecular weight excluding hydrogens is 234 g/mol. The highest BCUT2D eigenvalue weighted by molar-refractivity contribution is 6.06. The quantitative estimate of drug-likeness (QED) is 0.729. The van der Waals surface area contributed by atoms with Gasteiger partial charge in [0.1, 0.15) is 23.5 Å². The minimum atomic E-state index is -0.621. The van der Waals surface area contributed by atoms with Crippen molar-refractivity contribution in [1.29, 1.82) is 5.26 Å². The van der Waals surface area contributed by atoms with Gasteiger partial charge in [0.05, 0.1) is 12.1 Å². The van der Waals surface area contributed by atoms with Crippen molar-refractivity contribution in [1.82, 2.24) is 14.7 Å². The van der Waals surface area contributed by atoms with Crippen molar-refractivity contribution in [3.8, 4) is 6.07 Å². The summed E-state index contributed by atoms with van der Waals surface area (Å²) in [6.45, 7) is 1.72. The molecule has 2 rings (SSSR count). The molecule has 1 unspecified atom stereocenters. The molecule has 18 heavy (non-hydrogen) atoms. The first-order valence-corrected chi connectivity index (χ1v) is 5.46. The lowest BCUT2D eigenvalue weighted by atomic mass is 10.2. The van der Waals surface area contributed by atoms with Gasteiger partial charge >= 0.3 is 0 Å². The van der Waals surface area contributed by atoms with Crippen LogP contribution in [0.4, 0.5) is 5.82 Å². The highest BCUT2D eigenvalue weighted by Gasteiger charge is 2.36. The average Bonchev–Trinajstić information content (AvgIpc) is 2.72. The summed E-state index contributed by atoms with van der Waals surface area (Å²) in [4.78, 5) is 24.3. The van der Waals surface area contributed by atoms with E-state index in [4.69, 9.17) is 5.26 Å². The maximum atomic E-state index is 11.8. The number of imide groups is 1. The lowest BCUT2D eigenvalue weighted by Gasteiger charge is -2.12. The van der Waals surface area contributed by atoms with E-state index in [0.29, 0.717) is 17.1 Å². The molecule has 7 nitrogen and oxygen atoms in total. The van der Waals surface area contributed by atoms with Crippen LogP contribution in [0.5, 0.6) is 0 Å². The normalized spacial score (nSPS) is 19.2. The Hall–Kier alpha value is -2.36. The Balaban J connectivity index is 2.29. The van der Waals surface area contributed by atoms with Gasteiger partial charge in [-0.2, -0.15) is 10.4 Å². The molecule has 0 spiro atoms. The summed E-state index contributed by atoms with van der Waals surface area (Å²) in [7, 11) is 3.13. The number of amides is 2. The molecule has 2 amide bonds. The van der Waals surface area contributed by atoms with Gasteiger partial charge in [-0.05, 0) is 6.92 Å². The van der Waals surface area contributed by atoms with E-state index in [9.17, 15) is 9.59 Å². The Kier molecular flexibility index (Phi) is 2.79. The summed E-state index contributed by atoms with van der Waals surface area (Å²) in [5.41, 5.74) is 0.986.